The van der Waals surface area contributed by atoms with Gasteiger partial charge in [-0.3, -0.25) is 9.78 Å². The van der Waals surface area contributed by atoms with Crippen molar-refractivity contribution in [1.29, 1.82) is 0 Å². The molecule has 3 nitrogen and oxygen atoms in total. The van der Waals surface area contributed by atoms with Crippen molar-refractivity contribution < 1.29 is 4.79 Å². The van der Waals surface area contributed by atoms with Gasteiger partial charge in [0.2, 0.25) is 5.91 Å². The number of rotatable bonds is 4. The van der Waals surface area contributed by atoms with Crippen molar-refractivity contribution in [2.24, 2.45) is 5.92 Å². The van der Waals surface area contributed by atoms with Gasteiger partial charge in [0.05, 0.1) is 5.69 Å². The fourth-order valence-electron chi connectivity index (χ4n) is 2.52. The number of carbonyl (C=O) groups is 1. The van der Waals surface area contributed by atoms with Gasteiger partial charge in [0.25, 0.3) is 0 Å². The summed E-state index contributed by atoms with van der Waals surface area (Å²) in [4.78, 5) is 16.5. The molecule has 1 aliphatic rings. The van der Waals surface area contributed by atoms with Gasteiger partial charge in [0, 0.05) is 29.6 Å². The zero-order valence-electron chi connectivity index (χ0n) is 11.8. The van der Waals surface area contributed by atoms with Crippen LogP contribution >= 0.6 is 11.3 Å². The van der Waals surface area contributed by atoms with Crippen LogP contribution in [0.1, 0.15) is 24.8 Å². The third kappa shape index (κ3) is 3.58. The summed E-state index contributed by atoms with van der Waals surface area (Å²) in [5.41, 5.74) is 3.18. The Balaban J connectivity index is 1.61. The first-order valence-electron chi connectivity index (χ1n) is 7.23. The third-order valence-corrected chi connectivity index (χ3v) is 4.43. The number of nitrogens with one attached hydrogen (secondary N) is 1. The van der Waals surface area contributed by atoms with Crippen LogP contribution in [0.5, 0.6) is 0 Å². The van der Waals surface area contributed by atoms with Crippen LogP contribution in [0, 0.1) is 5.92 Å². The first kappa shape index (κ1) is 14.0. The van der Waals surface area contributed by atoms with E-state index in [1.54, 1.807) is 17.5 Å². The predicted molar refractivity (Wildman–Crippen MR) is 85.9 cm³/mol. The van der Waals surface area contributed by atoms with E-state index in [4.69, 9.17) is 0 Å². The maximum Gasteiger partial charge on any atom is 0.223 e. The minimum atomic E-state index is 0.133. The van der Waals surface area contributed by atoms with Gasteiger partial charge in [-0.05, 0) is 48.4 Å². The summed E-state index contributed by atoms with van der Waals surface area (Å²) >= 11 is 1.66. The molecule has 0 bridgehead atoms. The molecule has 1 aliphatic carbocycles. The van der Waals surface area contributed by atoms with E-state index in [2.05, 4.69) is 33.9 Å². The van der Waals surface area contributed by atoms with E-state index in [0.29, 0.717) is 6.54 Å². The summed E-state index contributed by atoms with van der Waals surface area (Å²) in [5.74, 6) is 0.293. The Hall–Kier alpha value is -1.94. The lowest BCUT2D eigenvalue weighted by molar-refractivity contribution is -0.125. The Bertz CT molecular complexity index is 634. The third-order valence-electron chi connectivity index (χ3n) is 3.75. The average molecular weight is 298 g/mol. The van der Waals surface area contributed by atoms with Crippen LogP contribution in [0.2, 0.25) is 0 Å². The summed E-state index contributed by atoms with van der Waals surface area (Å²) in [7, 11) is 0. The molecule has 1 amide bonds. The Morgan fingerprint density at radius 2 is 2.33 bits per heavy atom. The Kier molecular flexibility index (Phi) is 4.46. The Morgan fingerprint density at radius 1 is 1.38 bits per heavy atom. The number of allylic oxidation sites excluding steroid dienone is 2. The fourth-order valence-corrected chi connectivity index (χ4v) is 3.17. The second-order valence-corrected chi connectivity index (χ2v) is 6.04. The molecule has 1 atom stereocenters. The molecule has 21 heavy (non-hydrogen) atoms. The molecule has 2 aromatic rings. The van der Waals surface area contributed by atoms with Crippen LogP contribution in [0.15, 0.2) is 47.3 Å². The monoisotopic (exact) mass is 298 g/mol. The van der Waals surface area contributed by atoms with Crippen molar-refractivity contribution in [3.8, 4) is 11.3 Å². The highest BCUT2D eigenvalue weighted by molar-refractivity contribution is 7.08. The highest BCUT2D eigenvalue weighted by Gasteiger charge is 2.18. The molecule has 0 aliphatic heterocycles. The second kappa shape index (κ2) is 6.68. The number of nitrogens with zero attached hydrogens (tertiary/aromatic N) is 1. The summed E-state index contributed by atoms with van der Waals surface area (Å²) < 4.78 is 0. The topological polar surface area (TPSA) is 42.0 Å². The lowest BCUT2D eigenvalue weighted by Gasteiger charge is -2.17. The number of hydrogen-bond acceptors (Lipinski definition) is 3. The van der Waals surface area contributed by atoms with E-state index in [-0.39, 0.29) is 11.8 Å². The number of pyridine rings is 1. The largest absolute Gasteiger partial charge is 0.352 e. The predicted octanol–water partition coefficient (Wildman–Crippen LogP) is 3.78. The highest BCUT2D eigenvalue weighted by atomic mass is 32.1. The van der Waals surface area contributed by atoms with Gasteiger partial charge >= 0.3 is 0 Å². The SMILES string of the molecule is O=C(NCc1ccnc(-c2ccsc2)c1)C1CC=CCC1. The number of carbonyl (C=O) groups excluding carboxylic acids is 1. The van der Waals surface area contributed by atoms with Crippen molar-refractivity contribution in [1.82, 2.24) is 10.3 Å². The van der Waals surface area contributed by atoms with Crippen molar-refractivity contribution in [2.45, 2.75) is 25.8 Å². The van der Waals surface area contributed by atoms with E-state index in [0.717, 1.165) is 36.1 Å². The average Bonchev–Trinajstić information content (AvgIpc) is 3.08. The van der Waals surface area contributed by atoms with Crippen LogP contribution < -0.4 is 5.32 Å². The molecule has 2 heterocycles. The maximum atomic E-state index is 12.1. The van der Waals surface area contributed by atoms with E-state index < -0.39 is 0 Å². The van der Waals surface area contributed by atoms with Crippen molar-refractivity contribution in [2.75, 3.05) is 0 Å². The van der Waals surface area contributed by atoms with Gasteiger partial charge in [0.15, 0.2) is 0 Å². The summed E-state index contributed by atoms with van der Waals surface area (Å²) in [6.45, 7) is 0.568. The Morgan fingerprint density at radius 3 is 3.10 bits per heavy atom. The molecule has 1 N–H and O–H groups in total. The summed E-state index contributed by atoms with van der Waals surface area (Å²) in [6.07, 6.45) is 8.89. The molecule has 108 valence electrons. The van der Waals surface area contributed by atoms with Gasteiger partial charge in [-0.15, -0.1) is 0 Å². The standard InChI is InChI=1S/C17H18N2OS/c20-17(14-4-2-1-3-5-14)19-11-13-6-8-18-16(10-13)15-7-9-21-12-15/h1-2,6-10,12,14H,3-5,11H2,(H,19,20). The number of thiophene rings is 1. The van der Waals surface area contributed by atoms with Crippen LogP contribution in [-0.4, -0.2) is 10.9 Å². The highest BCUT2D eigenvalue weighted by Crippen LogP contribution is 2.21. The molecule has 0 saturated carbocycles. The van der Waals surface area contributed by atoms with Crippen molar-refractivity contribution in [3.63, 3.8) is 0 Å². The van der Waals surface area contributed by atoms with Crippen molar-refractivity contribution >= 4 is 17.2 Å². The molecule has 1 unspecified atom stereocenters. The van der Waals surface area contributed by atoms with Gasteiger partial charge in [-0.1, -0.05) is 12.2 Å². The van der Waals surface area contributed by atoms with E-state index in [1.807, 2.05) is 17.5 Å². The summed E-state index contributed by atoms with van der Waals surface area (Å²) in [5, 5.41) is 7.17. The minimum absolute atomic E-state index is 0.133. The number of hydrogen-bond donors (Lipinski definition) is 1. The molecule has 0 aromatic carbocycles. The van der Waals surface area contributed by atoms with Crippen LogP contribution in [0.25, 0.3) is 11.3 Å². The lowest BCUT2D eigenvalue weighted by Crippen LogP contribution is -2.30. The lowest BCUT2D eigenvalue weighted by atomic mass is 9.93. The first-order chi connectivity index (χ1) is 10.3. The molecule has 0 fully saturated rings. The normalized spacial score (nSPS) is 17.6. The van der Waals surface area contributed by atoms with Crippen LogP contribution in [0.3, 0.4) is 0 Å². The van der Waals surface area contributed by atoms with Crippen LogP contribution in [0.4, 0.5) is 0 Å². The minimum Gasteiger partial charge on any atom is -0.352 e. The molecule has 4 heteroatoms. The zero-order chi connectivity index (χ0) is 14.5. The van der Waals surface area contributed by atoms with Gasteiger partial charge < -0.3 is 5.32 Å². The molecule has 0 saturated heterocycles. The molecule has 0 spiro atoms. The Labute approximate surface area is 128 Å². The molecule has 0 radical (unpaired) electrons. The van der Waals surface area contributed by atoms with Crippen molar-refractivity contribution in [3.05, 3.63) is 52.9 Å². The van der Waals surface area contributed by atoms with E-state index in [1.165, 1.54) is 0 Å². The fraction of sp³-hybridized carbons (Fsp3) is 0.294. The van der Waals surface area contributed by atoms with Gasteiger partial charge in [0.1, 0.15) is 0 Å². The second-order valence-electron chi connectivity index (χ2n) is 5.26. The van der Waals surface area contributed by atoms with E-state index in [9.17, 15) is 4.79 Å². The van der Waals surface area contributed by atoms with Crippen LogP contribution in [-0.2, 0) is 11.3 Å². The smallest absolute Gasteiger partial charge is 0.223 e. The molecule has 2 aromatic heterocycles. The number of aromatic nitrogens is 1. The molecule has 3 rings (SSSR count). The van der Waals surface area contributed by atoms with Gasteiger partial charge in [-0.2, -0.15) is 11.3 Å². The molecular weight excluding hydrogens is 280 g/mol. The van der Waals surface area contributed by atoms with Gasteiger partial charge in [-0.25, -0.2) is 0 Å². The molecular formula is C17H18N2OS. The number of amides is 1. The summed E-state index contributed by atoms with van der Waals surface area (Å²) in [6, 6.07) is 6.06. The zero-order valence-corrected chi connectivity index (χ0v) is 12.6. The maximum absolute atomic E-state index is 12.1. The quantitative estimate of drug-likeness (QED) is 0.873. The first-order valence-corrected chi connectivity index (χ1v) is 8.17. The van der Waals surface area contributed by atoms with E-state index >= 15 is 0 Å².